The van der Waals surface area contributed by atoms with Crippen LogP contribution in [0.25, 0.3) is 0 Å². The lowest BCUT2D eigenvalue weighted by atomic mass is 10.2. The molecule has 0 bridgehead atoms. The fourth-order valence-corrected chi connectivity index (χ4v) is 1.53. The van der Waals surface area contributed by atoms with Gasteiger partial charge in [-0.05, 0) is 18.1 Å². The Labute approximate surface area is 105 Å². The van der Waals surface area contributed by atoms with Gasteiger partial charge in [0.25, 0.3) is 0 Å². The molecule has 0 unspecified atom stereocenters. The van der Waals surface area contributed by atoms with E-state index >= 15 is 0 Å². The quantitative estimate of drug-likeness (QED) is 0.611. The number of aromatic nitrogens is 3. The van der Waals surface area contributed by atoms with Crippen LogP contribution in [-0.4, -0.2) is 28.5 Å². The van der Waals surface area contributed by atoms with E-state index in [1.54, 1.807) is 13.1 Å². The van der Waals surface area contributed by atoms with Crippen molar-refractivity contribution in [2.75, 3.05) is 23.8 Å². The molecule has 6 heteroatoms. The monoisotopic (exact) mass is 242 g/mol. The second-order valence-electron chi connectivity index (χ2n) is 3.82. The van der Waals surface area contributed by atoms with E-state index in [9.17, 15) is 0 Å². The number of nitriles is 1. The minimum absolute atomic E-state index is 0.580. The van der Waals surface area contributed by atoms with E-state index < -0.39 is 0 Å². The van der Waals surface area contributed by atoms with Gasteiger partial charge in [-0.3, -0.25) is 4.90 Å². The Kier molecular flexibility index (Phi) is 3.76. The van der Waals surface area contributed by atoms with Gasteiger partial charge in [-0.1, -0.05) is 0 Å². The molecule has 0 aromatic carbocycles. The summed E-state index contributed by atoms with van der Waals surface area (Å²) in [7, 11) is 1.66. The third kappa shape index (κ3) is 2.98. The summed E-state index contributed by atoms with van der Waals surface area (Å²) in [4.78, 5) is 12.5. The second kappa shape index (κ2) is 5.68. The van der Waals surface area contributed by atoms with Crippen molar-refractivity contribution in [2.24, 2.45) is 0 Å². The van der Waals surface area contributed by atoms with Crippen molar-refractivity contribution in [1.29, 1.82) is 5.26 Å². The molecule has 92 valence electrons. The van der Waals surface area contributed by atoms with Crippen LogP contribution in [0.2, 0.25) is 0 Å². The van der Waals surface area contributed by atoms with Gasteiger partial charge in [0.05, 0.1) is 0 Å². The SMILES string of the molecule is CN(C#N)c1cc(NCCc2cc[nH]c2)ncn1. The zero-order valence-electron chi connectivity index (χ0n) is 10.1. The molecule has 0 spiro atoms. The van der Waals surface area contributed by atoms with E-state index in [4.69, 9.17) is 5.26 Å². The number of anilines is 2. The molecule has 2 aromatic rings. The van der Waals surface area contributed by atoms with Gasteiger partial charge in [-0.25, -0.2) is 9.97 Å². The average molecular weight is 242 g/mol. The lowest BCUT2D eigenvalue weighted by Gasteiger charge is -2.09. The third-order valence-electron chi connectivity index (χ3n) is 2.53. The van der Waals surface area contributed by atoms with Crippen molar-refractivity contribution in [2.45, 2.75) is 6.42 Å². The van der Waals surface area contributed by atoms with Gasteiger partial charge in [0.2, 0.25) is 0 Å². The van der Waals surface area contributed by atoms with Crippen LogP contribution in [-0.2, 0) is 6.42 Å². The molecule has 0 atom stereocenters. The van der Waals surface area contributed by atoms with E-state index in [0.717, 1.165) is 18.8 Å². The zero-order chi connectivity index (χ0) is 12.8. The Hall–Kier alpha value is -2.55. The van der Waals surface area contributed by atoms with Gasteiger partial charge in [0.15, 0.2) is 6.19 Å². The van der Waals surface area contributed by atoms with Crippen molar-refractivity contribution in [3.8, 4) is 6.19 Å². The second-order valence-corrected chi connectivity index (χ2v) is 3.82. The first-order valence-corrected chi connectivity index (χ1v) is 5.60. The standard InChI is InChI=1S/C12H14N6/c1-18(8-13)12-6-11(16-9-17-12)15-5-3-10-2-4-14-7-10/h2,4,6-7,9,14H,3,5H2,1H3,(H,15,16,17). The molecule has 0 saturated carbocycles. The highest BCUT2D eigenvalue weighted by Crippen LogP contribution is 2.11. The summed E-state index contributed by atoms with van der Waals surface area (Å²) in [5, 5.41) is 12.0. The maximum Gasteiger partial charge on any atom is 0.185 e. The maximum absolute atomic E-state index is 8.77. The zero-order valence-corrected chi connectivity index (χ0v) is 10.1. The summed E-state index contributed by atoms with van der Waals surface area (Å²) < 4.78 is 0. The Morgan fingerprint density at radius 3 is 3.11 bits per heavy atom. The Bertz CT molecular complexity index is 528. The maximum atomic E-state index is 8.77. The summed E-state index contributed by atoms with van der Waals surface area (Å²) in [6.07, 6.45) is 8.23. The molecule has 2 N–H and O–H groups in total. The molecule has 0 saturated heterocycles. The van der Waals surface area contributed by atoms with Crippen LogP contribution in [0.4, 0.5) is 11.6 Å². The molecule has 0 aliphatic rings. The fraction of sp³-hybridized carbons (Fsp3) is 0.250. The van der Waals surface area contributed by atoms with Crippen LogP contribution in [0.15, 0.2) is 30.9 Å². The number of aromatic amines is 1. The number of hydrogen-bond acceptors (Lipinski definition) is 5. The molecule has 2 aromatic heterocycles. The molecule has 0 aliphatic heterocycles. The van der Waals surface area contributed by atoms with Crippen molar-refractivity contribution < 1.29 is 0 Å². The van der Waals surface area contributed by atoms with Crippen molar-refractivity contribution in [3.63, 3.8) is 0 Å². The van der Waals surface area contributed by atoms with Crippen molar-refractivity contribution in [3.05, 3.63) is 36.4 Å². The molecule has 0 radical (unpaired) electrons. The van der Waals surface area contributed by atoms with Crippen LogP contribution < -0.4 is 10.2 Å². The molecule has 2 rings (SSSR count). The smallest absolute Gasteiger partial charge is 0.185 e. The number of rotatable bonds is 5. The Morgan fingerprint density at radius 1 is 1.50 bits per heavy atom. The summed E-state index contributed by atoms with van der Waals surface area (Å²) in [6.45, 7) is 0.782. The number of nitrogens with zero attached hydrogens (tertiary/aromatic N) is 4. The van der Waals surface area contributed by atoms with Gasteiger partial charge in [0, 0.05) is 32.1 Å². The molecule has 0 aliphatic carbocycles. The molecule has 6 nitrogen and oxygen atoms in total. The van der Waals surface area contributed by atoms with Crippen LogP contribution in [0.5, 0.6) is 0 Å². The molecule has 2 heterocycles. The highest BCUT2D eigenvalue weighted by Gasteiger charge is 2.02. The Balaban J connectivity index is 1.91. The molecular weight excluding hydrogens is 228 g/mol. The topological polar surface area (TPSA) is 80.6 Å². The van der Waals surface area contributed by atoms with Gasteiger partial charge < -0.3 is 10.3 Å². The van der Waals surface area contributed by atoms with Crippen LogP contribution in [0.1, 0.15) is 5.56 Å². The summed E-state index contributed by atoms with van der Waals surface area (Å²) >= 11 is 0. The molecule has 18 heavy (non-hydrogen) atoms. The van der Waals surface area contributed by atoms with Crippen LogP contribution in [0.3, 0.4) is 0 Å². The van der Waals surface area contributed by atoms with E-state index in [-0.39, 0.29) is 0 Å². The van der Waals surface area contributed by atoms with Crippen molar-refractivity contribution >= 4 is 11.6 Å². The van der Waals surface area contributed by atoms with Gasteiger partial charge in [-0.15, -0.1) is 0 Å². The summed E-state index contributed by atoms with van der Waals surface area (Å²) in [5.41, 5.74) is 1.24. The fourth-order valence-electron chi connectivity index (χ4n) is 1.53. The minimum atomic E-state index is 0.580. The van der Waals surface area contributed by atoms with E-state index in [1.165, 1.54) is 16.8 Å². The third-order valence-corrected chi connectivity index (χ3v) is 2.53. The number of H-pyrrole nitrogens is 1. The highest BCUT2D eigenvalue weighted by atomic mass is 15.2. The number of hydrogen-bond donors (Lipinski definition) is 2. The van der Waals surface area contributed by atoms with Gasteiger partial charge >= 0.3 is 0 Å². The predicted molar refractivity (Wildman–Crippen MR) is 69.0 cm³/mol. The van der Waals surface area contributed by atoms with Gasteiger partial charge in [0.1, 0.15) is 18.0 Å². The molecule has 0 amide bonds. The summed E-state index contributed by atoms with van der Waals surface area (Å²) in [6, 6.07) is 3.79. The van der Waals surface area contributed by atoms with E-state index in [2.05, 4.69) is 20.3 Å². The minimum Gasteiger partial charge on any atom is -0.370 e. The van der Waals surface area contributed by atoms with E-state index in [1.807, 2.05) is 24.7 Å². The highest BCUT2D eigenvalue weighted by molar-refractivity contribution is 5.50. The lowest BCUT2D eigenvalue weighted by Crippen LogP contribution is -2.12. The van der Waals surface area contributed by atoms with Gasteiger partial charge in [-0.2, -0.15) is 5.26 Å². The molecular formula is C12H14N6. The molecule has 0 fully saturated rings. The normalized spacial score (nSPS) is 9.78. The first-order valence-electron chi connectivity index (χ1n) is 5.60. The van der Waals surface area contributed by atoms with Crippen LogP contribution >= 0.6 is 0 Å². The summed E-state index contributed by atoms with van der Waals surface area (Å²) in [5.74, 6) is 1.30. The first-order chi connectivity index (χ1) is 8.79. The van der Waals surface area contributed by atoms with E-state index in [0.29, 0.717) is 5.82 Å². The lowest BCUT2D eigenvalue weighted by molar-refractivity contribution is 0.995. The largest absolute Gasteiger partial charge is 0.370 e. The van der Waals surface area contributed by atoms with Crippen LogP contribution in [0, 0.1) is 11.5 Å². The first kappa shape index (κ1) is 11.9. The number of nitrogens with one attached hydrogen (secondary N) is 2. The predicted octanol–water partition coefficient (Wildman–Crippen LogP) is 1.38. The Morgan fingerprint density at radius 2 is 2.39 bits per heavy atom. The van der Waals surface area contributed by atoms with Crippen molar-refractivity contribution in [1.82, 2.24) is 15.0 Å². The average Bonchev–Trinajstić information content (AvgIpc) is 2.91.